The summed E-state index contributed by atoms with van der Waals surface area (Å²) in [5.41, 5.74) is 8.09. The van der Waals surface area contributed by atoms with Crippen molar-refractivity contribution in [3.63, 3.8) is 0 Å². The highest BCUT2D eigenvalue weighted by atomic mass is 16.5. The van der Waals surface area contributed by atoms with E-state index in [2.05, 4.69) is 16.7 Å². The Morgan fingerprint density at radius 3 is 2.27 bits per heavy atom. The van der Waals surface area contributed by atoms with Crippen LogP contribution in [0.1, 0.15) is 41.4 Å². The van der Waals surface area contributed by atoms with Crippen molar-refractivity contribution in [2.45, 2.75) is 19.8 Å². The molecule has 10 nitrogen and oxygen atoms in total. The molecule has 4 rings (SSSR count). The molecule has 3 heterocycles. The van der Waals surface area contributed by atoms with Gasteiger partial charge in [0, 0.05) is 43.5 Å². The van der Waals surface area contributed by atoms with Crippen molar-refractivity contribution in [3.8, 4) is 11.6 Å². The maximum atomic E-state index is 13.2. The van der Waals surface area contributed by atoms with Gasteiger partial charge in [0.25, 0.3) is 17.6 Å². The van der Waals surface area contributed by atoms with Crippen LogP contribution in [0.4, 0.5) is 5.69 Å². The first kappa shape index (κ1) is 25.6. The Bertz CT molecular complexity index is 1340. The molecule has 0 bridgehead atoms. The van der Waals surface area contributed by atoms with E-state index in [4.69, 9.17) is 10.5 Å². The van der Waals surface area contributed by atoms with E-state index in [0.717, 1.165) is 5.69 Å². The number of rotatable bonds is 7. The third-order valence-electron chi connectivity index (χ3n) is 6.34. The largest absolute Gasteiger partial charge is 0.494 e. The van der Waals surface area contributed by atoms with Gasteiger partial charge < -0.3 is 20.3 Å². The zero-order chi connectivity index (χ0) is 26.7. The molecule has 0 atom stereocenters. The molecular formula is C27H30N6O4. The molecule has 1 saturated heterocycles. The highest BCUT2D eigenvalue weighted by molar-refractivity contribution is 6.53. The lowest BCUT2D eigenvalue weighted by Crippen LogP contribution is -2.52. The summed E-state index contributed by atoms with van der Waals surface area (Å²) >= 11 is 0. The third-order valence-corrected chi connectivity index (χ3v) is 6.34. The summed E-state index contributed by atoms with van der Waals surface area (Å²) in [7, 11) is 1.42. The van der Waals surface area contributed by atoms with Gasteiger partial charge in [-0.15, -0.1) is 0 Å². The van der Waals surface area contributed by atoms with E-state index in [1.54, 1.807) is 35.4 Å². The molecule has 1 fully saturated rings. The van der Waals surface area contributed by atoms with E-state index >= 15 is 0 Å². The number of hydrogen-bond donors (Lipinski definition) is 1. The van der Waals surface area contributed by atoms with E-state index in [1.165, 1.54) is 22.9 Å². The van der Waals surface area contributed by atoms with Gasteiger partial charge in [-0.05, 0) is 24.1 Å². The molecule has 0 radical (unpaired) electrons. The van der Waals surface area contributed by atoms with E-state index in [1.807, 2.05) is 26.0 Å². The van der Waals surface area contributed by atoms with Crippen molar-refractivity contribution in [2.75, 3.05) is 39.0 Å². The molecule has 2 N–H and O–H groups in total. The van der Waals surface area contributed by atoms with Gasteiger partial charge in [0.05, 0.1) is 30.3 Å². The van der Waals surface area contributed by atoms with Gasteiger partial charge in [0.15, 0.2) is 5.82 Å². The van der Waals surface area contributed by atoms with Crippen LogP contribution in [0.25, 0.3) is 11.4 Å². The number of amides is 2. The topological polar surface area (TPSA) is 124 Å². The van der Waals surface area contributed by atoms with Crippen LogP contribution in [-0.2, 0) is 9.59 Å². The average molecular weight is 503 g/mol. The number of nitrogens with two attached hydrogens (primary N) is 1. The normalized spacial score (nSPS) is 13.5. The average Bonchev–Trinajstić information content (AvgIpc) is 3.42. The molecule has 0 spiro atoms. The molecule has 192 valence electrons. The van der Waals surface area contributed by atoms with E-state index in [-0.39, 0.29) is 47.5 Å². The molecule has 2 amide bonds. The first-order valence-corrected chi connectivity index (χ1v) is 12.0. The minimum absolute atomic E-state index is 0.0953. The second-order valence-corrected chi connectivity index (χ2v) is 9.04. The molecule has 3 aromatic rings. The SMILES string of the molecule is C=C(C(=O)C(=O)N1CCN(C(=O)c2ccccc2)CC1)c1c(OC)cnc(-n2ccc(C(C)C)n2)c1N. The first-order valence-electron chi connectivity index (χ1n) is 12.0. The summed E-state index contributed by atoms with van der Waals surface area (Å²) in [4.78, 5) is 46.5. The quantitative estimate of drug-likeness (QED) is 0.389. The van der Waals surface area contributed by atoms with Crippen LogP contribution < -0.4 is 10.5 Å². The molecule has 1 aromatic carbocycles. The molecule has 1 aliphatic heterocycles. The van der Waals surface area contributed by atoms with Crippen molar-refractivity contribution >= 4 is 28.9 Å². The first-order chi connectivity index (χ1) is 17.7. The summed E-state index contributed by atoms with van der Waals surface area (Å²) in [6, 6.07) is 10.8. The maximum absolute atomic E-state index is 13.2. The number of Topliss-reactive ketones (excluding diaryl/α,β-unsaturated/α-hetero) is 1. The molecule has 0 saturated carbocycles. The predicted molar refractivity (Wildman–Crippen MR) is 139 cm³/mol. The number of ether oxygens (including phenoxy) is 1. The van der Waals surface area contributed by atoms with Crippen LogP contribution >= 0.6 is 0 Å². The van der Waals surface area contributed by atoms with Crippen LogP contribution in [0.3, 0.4) is 0 Å². The maximum Gasteiger partial charge on any atom is 0.295 e. The van der Waals surface area contributed by atoms with Crippen molar-refractivity contribution in [1.29, 1.82) is 0 Å². The lowest BCUT2D eigenvalue weighted by molar-refractivity contribution is -0.142. The summed E-state index contributed by atoms with van der Waals surface area (Å²) < 4.78 is 6.91. The number of ketones is 1. The Balaban J connectivity index is 1.50. The van der Waals surface area contributed by atoms with Gasteiger partial charge in [-0.1, -0.05) is 38.6 Å². The molecule has 1 aliphatic rings. The number of aromatic nitrogens is 3. The summed E-state index contributed by atoms with van der Waals surface area (Å²) in [5.74, 6) is -0.882. The predicted octanol–water partition coefficient (Wildman–Crippen LogP) is 2.55. The number of carbonyl (C=O) groups is 3. The summed E-state index contributed by atoms with van der Waals surface area (Å²) in [6.07, 6.45) is 3.16. The fraction of sp³-hybridized carbons (Fsp3) is 0.296. The Morgan fingerprint density at radius 2 is 1.68 bits per heavy atom. The van der Waals surface area contributed by atoms with Crippen LogP contribution in [0.5, 0.6) is 5.75 Å². The van der Waals surface area contributed by atoms with Gasteiger partial charge in [-0.3, -0.25) is 14.4 Å². The van der Waals surface area contributed by atoms with E-state index in [0.29, 0.717) is 24.5 Å². The van der Waals surface area contributed by atoms with Gasteiger partial charge in [0.2, 0.25) is 0 Å². The monoisotopic (exact) mass is 502 g/mol. The van der Waals surface area contributed by atoms with Crippen LogP contribution in [0, 0.1) is 0 Å². The van der Waals surface area contributed by atoms with Crippen molar-refractivity contribution < 1.29 is 19.1 Å². The minimum Gasteiger partial charge on any atom is -0.494 e. The van der Waals surface area contributed by atoms with Crippen LogP contribution in [-0.4, -0.2) is 75.5 Å². The summed E-state index contributed by atoms with van der Waals surface area (Å²) in [5, 5.41) is 4.50. The standard InChI is InChI=1S/C27H30N6O4/c1-17(2)20-10-11-33(30-20)25-23(28)22(21(37-4)16-29-25)18(3)24(34)27(36)32-14-12-31(13-15-32)26(35)19-8-6-5-7-9-19/h5-11,16-17H,3,12-15,28H2,1-2,4H3. The Kier molecular flexibility index (Phi) is 7.37. The number of benzene rings is 1. The van der Waals surface area contributed by atoms with E-state index in [9.17, 15) is 14.4 Å². The number of nitrogens with zero attached hydrogens (tertiary/aromatic N) is 5. The Morgan fingerprint density at radius 1 is 1.03 bits per heavy atom. The van der Waals surface area contributed by atoms with Gasteiger partial charge in [-0.25, -0.2) is 9.67 Å². The number of nitrogen functional groups attached to an aromatic ring is 1. The summed E-state index contributed by atoms with van der Waals surface area (Å²) in [6.45, 7) is 9.03. The molecule has 2 aromatic heterocycles. The van der Waals surface area contributed by atoms with Gasteiger partial charge in [0.1, 0.15) is 5.75 Å². The molecule has 0 aliphatic carbocycles. The third kappa shape index (κ3) is 5.09. The van der Waals surface area contributed by atoms with Crippen LogP contribution in [0.15, 0.2) is 55.4 Å². The Hall–Kier alpha value is -4.47. The molecule has 0 unspecified atom stereocenters. The van der Waals surface area contributed by atoms with Crippen molar-refractivity contribution in [1.82, 2.24) is 24.6 Å². The second-order valence-electron chi connectivity index (χ2n) is 9.04. The number of pyridine rings is 1. The highest BCUT2D eigenvalue weighted by Crippen LogP contribution is 2.34. The second kappa shape index (κ2) is 10.7. The zero-order valence-electron chi connectivity index (χ0n) is 21.2. The van der Waals surface area contributed by atoms with Gasteiger partial charge >= 0.3 is 0 Å². The number of hydrogen-bond acceptors (Lipinski definition) is 7. The number of carbonyl (C=O) groups excluding carboxylic acids is 3. The van der Waals surface area contributed by atoms with Gasteiger partial charge in [-0.2, -0.15) is 5.10 Å². The smallest absolute Gasteiger partial charge is 0.295 e. The molecular weight excluding hydrogens is 472 g/mol. The van der Waals surface area contributed by atoms with Crippen molar-refractivity contribution in [2.24, 2.45) is 0 Å². The highest BCUT2D eigenvalue weighted by Gasteiger charge is 2.32. The lowest BCUT2D eigenvalue weighted by atomic mass is 10.0. The fourth-order valence-corrected chi connectivity index (χ4v) is 4.17. The minimum atomic E-state index is -0.798. The van der Waals surface area contributed by atoms with Crippen molar-refractivity contribution in [3.05, 3.63) is 72.2 Å². The molecule has 37 heavy (non-hydrogen) atoms. The Labute approximate surface area is 215 Å². The number of methoxy groups -OCH3 is 1. The van der Waals surface area contributed by atoms with Crippen LogP contribution in [0.2, 0.25) is 0 Å². The number of piperazine rings is 1. The lowest BCUT2D eigenvalue weighted by Gasteiger charge is -2.34. The number of anilines is 1. The van der Waals surface area contributed by atoms with E-state index < -0.39 is 11.7 Å². The zero-order valence-corrected chi connectivity index (χ0v) is 21.2. The fourth-order valence-electron chi connectivity index (χ4n) is 4.17. The molecule has 10 heteroatoms.